The van der Waals surface area contributed by atoms with Gasteiger partial charge < -0.3 is 0 Å². The van der Waals surface area contributed by atoms with Gasteiger partial charge in [-0.05, 0) is 85.3 Å². The molecule has 0 unspecified atom stereocenters. The number of halogens is 4. The zero-order valence-corrected chi connectivity index (χ0v) is 20.5. The molecule has 5 rings (SSSR count). The number of hydrogen-bond donors (Lipinski definition) is 0. The summed E-state index contributed by atoms with van der Waals surface area (Å²) in [6.45, 7) is 2.69. The SMILES string of the molecule is Fc1cccc(-c2cccc(-c3nc(CN4CCC(Cc5ccc(C(F)(F)F)cc5)CC4)cs3)c2)c1. The van der Waals surface area contributed by atoms with Crippen molar-refractivity contribution in [1.29, 1.82) is 0 Å². The highest BCUT2D eigenvalue weighted by Gasteiger charge is 2.30. The molecule has 0 saturated carbocycles. The molecule has 1 aliphatic heterocycles. The van der Waals surface area contributed by atoms with E-state index in [2.05, 4.69) is 10.3 Å². The zero-order valence-electron chi connectivity index (χ0n) is 19.6. The highest BCUT2D eigenvalue weighted by Crippen LogP contribution is 2.31. The number of piperidine rings is 1. The average molecular weight is 511 g/mol. The molecule has 0 atom stereocenters. The summed E-state index contributed by atoms with van der Waals surface area (Å²) in [6.07, 6.45) is -1.43. The van der Waals surface area contributed by atoms with Gasteiger partial charge in [0, 0.05) is 17.5 Å². The van der Waals surface area contributed by atoms with Gasteiger partial charge in [-0.15, -0.1) is 11.3 Å². The van der Waals surface area contributed by atoms with Crippen LogP contribution in [0, 0.1) is 11.7 Å². The molecule has 0 radical (unpaired) electrons. The van der Waals surface area contributed by atoms with E-state index in [-0.39, 0.29) is 5.82 Å². The number of likely N-dealkylation sites (tertiary alicyclic amines) is 1. The molecular formula is C29H26F4N2S. The second kappa shape index (κ2) is 10.5. The maximum Gasteiger partial charge on any atom is 0.416 e. The fraction of sp³-hybridized carbons (Fsp3) is 0.276. The second-order valence-corrected chi connectivity index (χ2v) is 10.2. The highest BCUT2D eigenvalue weighted by atomic mass is 32.1. The molecular weight excluding hydrogens is 484 g/mol. The summed E-state index contributed by atoms with van der Waals surface area (Å²) in [4.78, 5) is 7.25. The Morgan fingerprint density at radius 2 is 1.53 bits per heavy atom. The van der Waals surface area contributed by atoms with E-state index >= 15 is 0 Å². The van der Waals surface area contributed by atoms with Gasteiger partial charge in [-0.2, -0.15) is 13.2 Å². The number of hydrogen-bond acceptors (Lipinski definition) is 3. The molecule has 7 heteroatoms. The normalized spacial score (nSPS) is 15.3. The van der Waals surface area contributed by atoms with Crippen LogP contribution < -0.4 is 0 Å². The van der Waals surface area contributed by atoms with Crippen molar-refractivity contribution >= 4 is 11.3 Å². The summed E-state index contributed by atoms with van der Waals surface area (Å²) in [5.74, 6) is 0.229. The summed E-state index contributed by atoms with van der Waals surface area (Å²) in [7, 11) is 0. The standard InChI is InChI=1S/C29H26F4N2S/c30-26-6-2-4-23(17-26)22-3-1-5-24(16-22)28-34-27(19-36-28)18-35-13-11-21(12-14-35)15-20-7-9-25(10-8-20)29(31,32)33/h1-10,16-17,19,21H,11-15,18H2. The molecule has 2 heterocycles. The lowest BCUT2D eigenvalue weighted by atomic mass is 9.90. The molecule has 0 bridgehead atoms. The second-order valence-electron chi connectivity index (χ2n) is 9.35. The first-order valence-electron chi connectivity index (χ1n) is 12.0. The van der Waals surface area contributed by atoms with Crippen molar-refractivity contribution in [2.24, 2.45) is 5.92 Å². The molecule has 1 aromatic heterocycles. The Labute approximate surface area is 212 Å². The van der Waals surface area contributed by atoms with Crippen LogP contribution in [0.2, 0.25) is 0 Å². The Morgan fingerprint density at radius 3 is 2.22 bits per heavy atom. The van der Waals surface area contributed by atoms with Crippen molar-refractivity contribution in [1.82, 2.24) is 9.88 Å². The fourth-order valence-corrected chi connectivity index (χ4v) is 5.56. The van der Waals surface area contributed by atoms with E-state index in [4.69, 9.17) is 4.98 Å². The maximum absolute atomic E-state index is 13.6. The van der Waals surface area contributed by atoms with Crippen molar-refractivity contribution < 1.29 is 17.6 Å². The van der Waals surface area contributed by atoms with E-state index in [0.29, 0.717) is 5.92 Å². The average Bonchev–Trinajstić information content (AvgIpc) is 3.34. The van der Waals surface area contributed by atoms with Gasteiger partial charge >= 0.3 is 6.18 Å². The molecule has 36 heavy (non-hydrogen) atoms. The first kappa shape index (κ1) is 24.7. The number of thiazole rings is 1. The number of nitrogens with zero attached hydrogens (tertiary/aromatic N) is 2. The van der Waals surface area contributed by atoms with Gasteiger partial charge in [-0.1, -0.05) is 42.5 Å². The van der Waals surface area contributed by atoms with Crippen molar-refractivity contribution in [2.75, 3.05) is 13.1 Å². The zero-order chi connectivity index (χ0) is 25.1. The minimum absolute atomic E-state index is 0.252. The summed E-state index contributed by atoms with van der Waals surface area (Å²) in [5.41, 5.74) is 4.22. The quantitative estimate of drug-likeness (QED) is 0.244. The summed E-state index contributed by atoms with van der Waals surface area (Å²) < 4.78 is 52.0. The Kier molecular flexibility index (Phi) is 7.21. The van der Waals surface area contributed by atoms with Gasteiger partial charge in [0.15, 0.2) is 0 Å². The van der Waals surface area contributed by atoms with Gasteiger partial charge in [-0.3, -0.25) is 4.90 Å². The van der Waals surface area contributed by atoms with Crippen LogP contribution in [0.4, 0.5) is 17.6 Å². The van der Waals surface area contributed by atoms with E-state index in [1.165, 1.54) is 24.3 Å². The smallest absolute Gasteiger partial charge is 0.297 e. The predicted molar refractivity (Wildman–Crippen MR) is 136 cm³/mol. The van der Waals surface area contributed by atoms with Crippen molar-refractivity contribution in [3.63, 3.8) is 0 Å². The van der Waals surface area contributed by atoms with Crippen molar-refractivity contribution in [2.45, 2.75) is 32.0 Å². The summed E-state index contributed by atoms with van der Waals surface area (Å²) in [6, 6.07) is 20.2. The Hall–Kier alpha value is -3.03. The molecule has 1 fully saturated rings. The van der Waals surface area contributed by atoms with E-state index in [0.717, 1.165) is 71.9 Å². The van der Waals surface area contributed by atoms with Gasteiger partial charge in [0.2, 0.25) is 0 Å². The first-order chi connectivity index (χ1) is 17.3. The van der Waals surface area contributed by atoms with Crippen LogP contribution in [0.15, 0.2) is 78.2 Å². The summed E-state index contributed by atoms with van der Waals surface area (Å²) in [5, 5.41) is 3.04. The van der Waals surface area contributed by atoms with Crippen LogP contribution in [-0.2, 0) is 19.1 Å². The monoisotopic (exact) mass is 510 g/mol. The molecule has 186 valence electrons. The maximum atomic E-state index is 13.6. The molecule has 3 aromatic carbocycles. The lowest BCUT2D eigenvalue weighted by Gasteiger charge is -2.31. The van der Waals surface area contributed by atoms with Crippen LogP contribution in [0.5, 0.6) is 0 Å². The van der Waals surface area contributed by atoms with E-state index in [1.807, 2.05) is 30.3 Å². The van der Waals surface area contributed by atoms with Crippen LogP contribution in [0.1, 0.15) is 29.7 Å². The van der Waals surface area contributed by atoms with Gasteiger partial charge in [0.25, 0.3) is 0 Å². The van der Waals surface area contributed by atoms with Gasteiger partial charge in [-0.25, -0.2) is 9.37 Å². The summed E-state index contributed by atoms with van der Waals surface area (Å²) >= 11 is 1.61. The molecule has 0 N–H and O–H groups in total. The number of aromatic nitrogens is 1. The largest absolute Gasteiger partial charge is 0.416 e. The molecule has 0 spiro atoms. The first-order valence-corrected chi connectivity index (χ1v) is 12.9. The third-order valence-electron chi connectivity index (χ3n) is 6.72. The topological polar surface area (TPSA) is 16.1 Å². The minimum atomic E-state index is -4.29. The fourth-order valence-electron chi connectivity index (χ4n) is 4.75. The third kappa shape index (κ3) is 6.02. The van der Waals surface area contributed by atoms with Crippen molar-refractivity contribution in [3.05, 3.63) is 101 Å². The molecule has 1 aliphatic rings. The molecule has 1 saturated heterocycles. The lowest BCUT2D eigenvalue weighted by Crippen LogP contribution is -2.33. The van der Waals surface area contributed by atoms with Crippen LogP contribution >= 0.6 is 11.3 Å². The van der Waals surface area contributed by atoms with Crippen LogP contribution in [-0.4, -0.2) is 23.0 Å². The van der Waals surface area contributed by atoms with Gasteiger partial charge in [0.05, 0.1) is 11.3 Å². The number of rotatable bonds is 6. The van der Waals surface area contributed by atoms with E-state index < -0.39 is 11.7 Å². The lowest BCUT2D eigenvalue weighted by molar-refractivity contribution is -0.137. The number of alkyl halides is 3. The highest BCUT2D eigenvalue weighted by molar-refractivity contribution is 7.13. The van der Waals surface area contributed by atoms with Crippen molar-refractivity contribution in [3.8, 4) is 21.7 Å². The van der Waals surface area contributed by atoms with E-state index in [1.54, 1.807) is 29.5 Å². The third-order valence-corrected chi connectivity index (χ3v) is 7.66. The molecule has 0 aliphatic carbocycles. The predicted octanol–water partition coefficient (Wildman–Crippen LogP) is 8.09. The molecule has 2 nitrogen and oxygen atoms in total. The minimum Gasteiger partial charge on any atom is -0.297 e. The van der Waals surface area contributed by atoms with E-state index in [9.17, 15) is 17.6 Å². The molecule has 0 amide bonds. The van der Waals surface area contributed by atoms with Crippen LogP contribution in [0.3, 0.4) is 0 Å². The number of benzene rings is 3. The molecule has 4 aromatic rings. The van der Waals surface area contributed by atoms with Crippen LogP contribution in [0.25, 0.3) is 21.7 Å². The Bertz CT molecular complexity index is 1310. The Morgan fingerprint density at radius 1 is 0.861 bits per heavy atom. The van der Waals surface area contributed by atoms with Gasteiger partial charge in [0.1, 0.15) is 10.8 Å². The Balaban J connectivity index is 1.16.